The van der Waals surface area contributed by atoms with Crippen molar-refractivity contribution in [2.24, 2.45) is 0 Å². The third-order valence-electron chi connectivity index (χ3n) is 7.48. The Labute approximate surface area is 342 Å². The van der Waals surface area contributed by atoms with Gasteiger partial charge in [0, 0.05) is 32.5 Å². The van der Waals surface area contributed by atoms with E-state index in [0.29, 0.717) is 0 Å². The van der Waals surface area contributed by atoms with Crippen LogP contribution in [0, 0.1) is 10.1 Å². The molecule has 2 amide bonds. The van der Waals surface area contributed by atoms with Gasteiger partial charge in [0.2, 0.25) is 6.29 Å². The fraction of sp³-hybridized carbons (Fsp3) is 0.514. The number of esters is 3. The molecule has 0 spiro atoms. The van der Waals surface area contributed by atoms with Gasteiger partial charge in [0.25, 0.3) is 11.6 Å². The number of carbonyl (C=O) groups is 6. The number of hydrogen-bond donors (Lipinski definition) is 3. The van der Waals surface area contributed by atoms with E-state index < -0.39 is 83.9 Å². The summed E-state index contributed by atoms with van der Waals surface area (Å²) in [5.41, 5.74) is 1.25. The number of hydroxylamine groups is 1. The van der Waals surface area contributed by atoms with E-state index in [2.05, 4.69) is 10.8 Å². The zero-order valence-corrected chi connectivity index (χ0v) is 33.5. The second-order valence-electron chi connectivity index (χ2n) is 13.4. The molecule has 0 aromatic heterocycles. The Balaban J connectivity index is 1.69. The number of aliphatic hydroxyl groups is 1. The standard InChI is InChI=1S/C37H47N3O20/c1-21(41)55-29-28(43)34(59-31(33(45)50-6)30(29)56-22(2)42)58-27-12-7-23(20-53-36(47)57-25-10-8-24(9-11-25)40(48)49)19-26(27)32(44)38-13-14-51-15-16-52-17-18-54-39-35(46)60-37(3,4)5/h7-12,19,28-31,34,43H,13-18,20H2,1-6H3,(H,38,44)(H,39,46)/t28-,29-,30+,31+,34?/m1/s1. The van der Waals surface area contributed by atoms with E-state index in [-0.39, 0.29) is 67.9 Å². The smallest absolute Gasteiger partial charge is 0.467 e. The first kappa shape index (κ1) is 48.2. The van der Waals surface area contributed by atoms with Crippen molar-refractivity contribution in [1.29, 1.82) is 0 Å². The summed E-state index contributed by atoms with van der Waals surface area (Å²) < 4.78 is 52.8. The Bertz CT molecular complexity index is 1800. The van der Waals surface area contributed by atoms with Gasteiger partial charge in [-0.1, -0.05) is 6.07 Å². The predicted molar refractivity (Wildman–Crippen MR) is 198 cm³/mol. The maximum absolute atomic E-state index is 13.5. The highest BCUT2D eigenvalue weighted by atomic mass is 16.7. The summed E-state index contributed by atoms with van der Waals surface area (Å²) in [5.74, 6) is -3.90. The number of nitro groups is 1. The highest BCUT2D eigenvalue weighted by molar-refractivity contribution is 5.97. The molecule has 0 saturated carbocycles. The number of hydrogen-bond acceptors (Lipinski definition) is 20. The third kappa shape index (κ3) is 16.2. The number of nitrogens with zero attached hydrogens (tertiary/aromatic N) is 1. The molecule has 23 heteroatoms. The van der Waals surface area contributed by atoms with Crippen LogP contribution in [0.4, 0.5) is 15.3 Å². The van der Waals surface area contributed by atoms with E-state index in [1.165, 1.54) is 30.3 Å². The first-order chi connectivity index (χ1) is 28.4. The van der Waals surface area contributed by atoms with Gasteiger partial charge in [-0.3, -0.25) is 29.3 Å². The molecule has 2 aromatic rings. The number of carbonyl (C=O) groups excluding carboxylic acids is 6. The molecule has 1 heterocycles. The maximum atomic E-state index is 13.5. The van der Waals surface area contributed by atoms with Gasteiger partial charge in [0.15, 0.2) is 24.4 Å². The lowest BCUT2D eigenvalue weighted by molar-refractivity contribution is -0.384. The average Bonchev–Trinajstić information content (AvgIpc) is 3.17. The van der Waals surface area contributed by atoms with Crippen molar-refractivity contribution in [2.45, 2.75) is 77.5 Å². The molecule has 1 aliphatic rings. The molecule has 2 aromatic carbocycles. The lowest BCUT2D eigenvalue weighted by Gasteiger charge is -2.41. The van der Waals surface area contributed by atoms with Crippen molar-refractivity contribution in [3.05, 3.63) is 63.7 Å². The first-order valence-electron chi connectivity index (χ1n) is 18.1. The monoisotopic (exact) mass is 853 g/mol. The molecular weight excluding hydrogens is 806 g/mol. The highest BCUT2D eigenvalue weighted by Gasteiger charge is 2.53. The largest absolute Gasteiger partial charge is 0.514 e. The average molecular weight is 854 g/mol. The lowest BCUT2D eigenvalue weighted by Crippen LogP contribution is -2.63. The molecular formula is C37H47N3O20. The Morgan fingerprint density at radius 1 is 0.883 bits per heavy atom. The molecule has 1 unspecified atom stereocenters. The molecule has 0 aliphatic carbocycles. The number of methoxy groups -OCH3 is 1. The van der Waals surface area contributed by atoms with Gasteiger partial charge < -0.3 is 57.8 Å². The molecule has 0 radical (unpaired) electrons. The zero-order chi connectivity index (χ0) is 44.4. The van der Waals surface area contributed by atoms with E-state index in [9.17, 15) is 44.0 Å². The van der Waals surface area contributed by atoms with Crippen molar-refractivity contribution in [1.82, 2.24) is 10.8 Å². The third-order valence-corrected chi connectivity index (χ3v) is 7.48. The van der Waals surface area contributed by atoms with Gasteiger partial charge in [-0.2, -0.15) is 5.48 Å². The van der Waals surface area contributed by atoms with Crippen molar-refractivity contribution in [3.63, 3.8) is 0 Å². The molecule has 1 aliphatic heterocycles. The van der Waals surface area contributed by atoms with Crippen LogP contribution in [0.25, 0.3) is 0 Å². The minimum atomic E-state index is -1.89. The van der Waals surface area contributed by atoms with Gasteiger partial charge >= 0.3 is 30.2 Å². The molecule has 5 atom stereocenters. The predicted octanol–water partition coefficient (Wildman–Crippen LogP) is 2.03. The van der Waals surface area contributed by atoms with Gasteiger partial charge in [0.1, 0.15) is 23.7 Å². The molecule has 23 nitrogen and oxygen atoms in total. The van der Waals surface area contributed by atoms with E-state index in [4.69, 9.17) is 52.2 Å². The Kier molecular flexibility index (Phi) is 18.9. The second-order valence-corrected chi connectivity index (χ2v) is 13.4. The number of nitrogens with one attached hydrogen (secondary N) is 2. The van der Waals surface area contributed by atoms with Crippen LogP contribution in [0.1, 0.15) is 50.5 Å². The maximum Gasteiger partial charge on any atom is 0.514 e. The number of nitro benzene ring substituents is 1. The number of ether oxygens (including phenoxy) is 10. The number of non-ortho nitro benzene ring substituents is 1. The molecule has 3 N–H and O–H groups in total. The number of rotatable bonds is 20. The van der Waals surface area contributed by atoms with Crippen LogP contribution in [-0.2, 0) is 63.7 Å². The molecule has 0 bridgehead atoms. The first-order valence-corrected chi connectivity index (χ1v) is 18.1. The number of aliphatic hydroxyl groups excluding tert-OH is 1. The Hall–Kier alpha value is -6.14. The van der Waals surface area contributed by atoms with Gasteiger partial charge in [-0.05, 0) is 50.6 Å². The summed E-state index contributed by atoms with van der Waals surface area (Å²) in [6.07, 6.45) is -10.7. The Morgan fingerprint density at radius 2 is 1.52 bits per heavy atom. The van der Waals surface area contributed by atoms with Crippen molar-refractivity contribution in [2.75, 3.05) is 46.7 Å². The summed E-state index contributed by atoms with van der Waals surface area (Å²) in [7, 11) is 1.02. The SMILES string of the molecule is COC(=O)[C@H]1OC(Oc2ccc(COC(=O)Oc3ccc([N+](=O)[O-])cc3)cc2C(=O)NCCOCCOCCONC(=O)OC(C)(C)C)[C@H](O)[C@@H](OC(C)=O)[C@@H]1OC(C)=O. The number of amides is 2. The molecule has 1 saturated heterocycles. The summed E-state index contributed by atoms with van der Waals surface area (Å²) in [5, 5.41) is 24.8. The van der Waals surface area contributed by atoms with Gasteiger partial charge in [-0.15, -0.1) is 0 Å². The van der Waals surface area contributed by atoms with Crippen LogP contribution in [0.5, 0.6) is 11.5 Å². The van der Waals surface area contributed by atoms with Crippen LogP contribution in [-0.4, -0.2) is 129 Å². The molecule has 1 fully saturated rings. The summed E-state index contributed by atoms with van der Waals surface area (Å²) >= 11 is 0. The van der Waals surface area contributed by atoms with Crippen molar-refractivity contribution in [3.8, 4) is 11.5 Å². The number of benzene rings is 2. The van der Waals surface area contributed by atoms with Crippen LogP contribution < -0.4 is 20.3 Å². The van der Waals surface area contributed by atoms with Crippen LogP contribution >= 0.6 is 0 Å². The van der Waals surface area contributed by atoms with Crippen LogP contribution in [0.15, 0.2) is 42.5 Å². The van der Waals surface area contributed by atoms with Gasteiger partial charge in [0.05, 0.1) is 50.6 Å². The van der Waals surface area contributed by atoms with Crippen molar-refractivity contribution >= 4 is 41.8 Å². The summed E-state index contributed by atoms with van der Waals surface area (Å²) in [6.45, 7) is 7.14. The Morgan fingerprint density at radius 3 is 2.13 bits per heavy atom. The highest BCUT2D eigenvalue weighted by Crippen LogP contribution is 2.31. The van der Waals surface area contributed by atoms with Crippen molar-refractivity contribution < 1.29 is 91.0 Å². The minimum absolute atomic E-state index is 0.0200. The summed E-state index contributed by atoms with van der Waals surface area (Å²) in [4.78, 5) is 89.4. The normalized spacial score (nSPS) is 18.6. The molecule has 330 valence electrons. The van der Waals surface area contributed by atoms with Crippen LogP contribution in [0.2, 0.25) is 0 Å². The van der Waals surface area contributed by atoms with E-state index >= 15 is 0 Å². The zero-order valence-electron chi connectivity index (χ0n) is 33.5. The fourth-order valence-electron chi connectivity index (χ4n) is 5.02. The van der Waals surface area contributed by atoms with E-state index in [1.807, 2.05) is 0 Å². The molecule has 60 heavy (non-hydrogen) atoms. The lowest BCUT2D eigenvalue weighted by atomic mass is 9.98. The topological polar surface area (TPSA) is 291 Å². The minimum Gasteiger partial charge on any atom is -0.467 e. The van der Waals surface area contributed by atoms with Crippen LogP contribution in [0.3, 0.4) is 0 Å². The molecule has 3 rings (SSSR count). The second kappa shape index (κ2) is 23.5. The van der Waals surface area contributed by atoms with Gasteiger partial charge in [-0.25, -0.2) is 14.4 Å². The quantitative estimate of drug-likeness (QED) is 0.0429. The summed E-state index contributed by atoms with van der Waals surface area (Å²) in [6, 6.07) is 8.56. The fourth-order valence-corrected chi connectivity index (χ4v) is 5.02. The van der Waals surface area contributed by atoms with E-state index in [1.54, 1.807) is 20.8 Å². The van der Waals surface area contributed by atoms with E-state index in [0.717, 1.165) is 33.1 Å².